The molecule has 3 saturated heterocycles. The highest BCUT2D eigenvalue weighted by Crippen LogP contribution is 2.21. The highest BCUT2D eigenvalue weighted by Gasteiger charge is 2.32. The van der Waals surface area contributed by atoms with E-state index in [1.165, 1.54) is 11.1 Å². The second-order valence-corrected chi connectivity index (χ2v) is 8.01. The molecule has 2 atom stereocenters. The molecule has 0 amide bonds. The summed E-state index contributed by atoms with van der Waals surface area (Å²) >= 11 is 0. The van der Waals surface area contributed by atoms with Crippen LogP contribution in [0.25, 0.3) is 0 Å². The van der Waals surface area contributed by atoms with Crippen molar-refractivity contribution in [1.29, 1.82) is 0 Å². The van der Waals surface area contributed by atoms with Crippen molar-refractivity contribution in [3.63, 3.8) is 0 Å². The Bertz CT molecular complexity index is 661. The van der Waals surface area contributed by atoms with Crippen LogP contribution in [0.3, 0.4) is 0 Å². The van der Waals surface area contributed by atoms with Gasteiger partial charge in [0.2, 0.25) is 0 Å². The van der Waals surface area contributed by atoms with Gasteiger partial charge >= 0.3 is 0 Å². The lowest BCUT2D eigenvalue weighted by Gasteiger charge is -2.37. The Balaban J connectivity index is 0.00000256. The molecule has 0 saturated carbocycles. The summed E-state index contributed by atoms with van der Waals surface area (Å²) in [6, 6.07) is 8.89. The number of rotatable bonds is 5. The van der Waals surface area contributed by atoms with Gasteiger partial charge in [-0.2, -0.15) is 0 Å². The van der Waals surface area contributed by atoms with Crippen LogP contribution in [0.2, 0.25) is 0 Å². The maximum Gasteiger partial charge on any atom is 0.194 e. The van der Waals surface area contributed by atoms with Crippen molar-refractivity contribution in [1.82, 2.24) is 15.1 Å². The van der Waals surface area contributed by atoms with Crippen molar-refractivity contribution in [3.8, 4) is 0 Å². The van der Waals surface area contributed by atoms with E-state index in [0.717, 1.165) is 84.5 Å². The summed E-state index contributed by atoms with van der Waals surface area (Å²) in [5.41, 5.74) is 2.62. The summed E-state index contributed by atoms with van der Waals surface area (Å²) in [7, 11) is 1.85. The lowest BCUT2D eigenvalue weighted by Crippen LogP contribution is -2.53. The van der Waals surface area contributed by atoms with Crippen LogP contribution >= 0.6 is 24.0 Å². The molecule has 3 aliphatic heterocycles. The molecule has 3 fully saturated rings. The minimum atomic E-state index is 0. The first-order chi connectivity index (χ1) is 14.3. The fourth-order valence-electron chi connectivity index (χ4n) is 4.28. The maximum atomic E-state index is 5.96. The van der Waals surface area contributed by atoms with E-state index in [0.29, 0.717) is 0 Å². The van der Waals surface area contributed by atoms with Gasteiger partial charge in [0, 0.05) is 52.9 Å². The zero-order valence-corrected chi connectivity index (χ0v) is 20.3. The SMILES string of the molecule is CN=C(NCc1ccc(CN2CCOCC2)cc1)N1CCOC(C2CCCO2)C1.I. The van der Waals surface area contributed by atoms with Crippen LogP contribution in [0.1, 0.15) is 24.0 Å². The van der Waals surface area contributed by atoms with Crippen LogP contribution < -0.4 is 5.32 Å². The molecule has 8 heteroatoms. The molecule has 2 unspecified atom stereocenters. The molecule has 0 aliphatic carbocycles. The van der Waals surface area contributed by atoms with Crippen LogP contribution in [0.5, 0.6) is 0 Å². The quantitative estimate of drug-likeness (QED) is 0.358. The Morgan fingerprint density at radius 3 is 2.43 bits per heavy atom. The van der Waals surface area contributed by atoms with Crippen molar-refractivity contribution in [3.05, 3.63) is 35.4 Å². The number of nitrogens with one attached hydrogen (secondary N) is 1. The molecule has 7 nitrogen and oxygen atoms in total. The molecular formula is C22H35IN4O3. The van der Waals surface area contributed by atoms with E-state index in [1.54, 1.807) is 0 Å². The zero-order valence-electron chi connectivity index (χ0n) is 17.9. The number of morpholine rings is 2. The highest BCUT2D eigenvalue weighted by atomic mass is 127. The van der Waals surface area contributed by atoms with Gasteiger partial charge < -0.3 is 24.4 Å². The summed E-state index contributed by atoms with van der Waals surface area (Å²) in [6.45, 7) is 8.78. The monoisotopic (exact) mass is 530 g/mol. The Kier molecular flexibility index (Phi) is 9.64. The van der Waals surface area contributed by atoms with Gasteiger partial charge in [-0.3, -0.25) is 9.89 Å². The minimum absolute atomic E-state index is 0. The highest BCUT2D eigenvalue weighted by molar-refractivity contribution is 14.0. The Labute approximate surface area is 197 Å². The molecule has 3 heterocycles. The lowest BCUT2D eigenvalue weighted by molar-refractivity contribution is -0.0817. The first-order valence-corrected chi connectivity index (χ1v) is 10.9. The number of ether oxygens (including phenoxy) is 3. The van der Waals surface area contributed by atoms with Gasteiger partial charge in [-0.1, -0.05) is 24.3 Å². The Morgan fingerprint density at radius 2 is 1.73 bits per heavy atom. The van der Waals surface area contributed by atoms with Gasteiger partial charge in [-0.25, -0.2) is 0 Å². The largest absolute Gasteiger partial charge is 0.379 e. The second kappa shape index (κ2) is 12.2. The van der Waals surface area contributed by atoms with Crippen molar-refractivity contribution in [2.75, 3.05) is 59.7 Å². The molecule has 0 bridgehead atoms. The molecule has 168 valence electrons. The predicted molar refractivity (Wildman–Crippen MR) is 128 cm³/mol. The summed E-state index contributed by atoms with van der Waals surface area (Å²) in [6.07, 6.45) is 2.61. The molecular weight excluding hydrogens is 495 g/mol. The van der Waals surface area contributed by atoms with Gasteiger partial charge in [-0.05, 0) is 24.0 Å². The van der Waals surface area contributed by atoms with Crippen LogP contribution in [0, 0.1) is 0 Å². The number of aliphatic imine (C=N–C) groups is 1. The van der Waals surface area contributed by atoms with E-state index in [-0.39, 0.29) is 36.2 Å². The molecule has 1 aromatic carbocycles. The van der Waals surface area contributed by atoms with E-state index in [2.05, 4.69) is 44.4 Å². The summed E-state index contributed by atoms with van der Waals surface area (Å²) in [4.78, 5) is 9.24. The summed E-state index contributed by atoms with van der Waals surface area (Å²) < 4.78 is 17.2. The van der Waals surface area contributed by atoms with Gasteiger partial charge in [0.05, 0.1) is 25.9 Å². The number of guanidine groups is 1. The maximum absolute atomic E-state index is 5.96. The fourth-order valence-corrected chi connectivity index (χ4v) is 4.28. The number of hydrogen-bond acceptors (Lipinski definition) is 5. The topological polar surface area (TPSA) is 58.6 Å². The molecule has 4 rings (SSSR count). The third-order valence-electron chi connectivity index (χ3n) is 5.97. The lowest BCUT2D eigenvalue weighted by atomic mass is 10.1. The van der Waals surface area contributed by atoms with Crippen molar-refractivity contribution in [2.45, 2.75) is 38.1 Å². The number of nitrogens with zero attached hydrogens (tertiary/aromatic N) is 3. The molecule has 1 N–H and O–H groups in total. The van der Waals surface area contributed by atoms with E-state index in [4.69, 9.17) is 14.2 Å². The minimum Gasteiger partial charge on any atom is -0.379 e. The summed E-state index contributed by atoms with van der Waals surface area (Å²) in [5, 5.41) is 3.52. The Hall–Kier alpha value is -0.940. The van der Waals surface area contributed by atoms with Crippen molar-refractivity contribution < 1.29 is 14.2 Å². The van der Waals surface area contributed by atoms with E-state index < -0.39 is 0 Å². The van der Waals surface area contributed by atoms with Crippen LogP contribution in [-0.2, 0) is 27.3 Å². The smallest absolute Gasteiger partial charge is 0.194 e. The van der Waals surface area contributed by atoms with Crippen LogP contribution in [0.4, 0.5) is 0 Å². The Morgan fingerprint density at radius 1 is 1.00 bits per heavy atom. The van der Waals surface area contributed by atoms with Crippen molar-refractivity contribution in [2.24, 2.45) is 4.99 Å². The first-order valence-electron chi connectivity index (χ1n) is 10.9. The molecule has 0 radical (unpaired) electrons. The van der Waals surface area contributed by atoms with E-state index in [9.17, 15) is 0 Å². The average Bonchev–Trinajstić information content (AvgIpc) is 3.31. The second-order valence-electron chi connectivity index (χ2n) is 8.01. The van der Waals surface area contributed by atoms with Gasteiger partial charge in [0.25, 0.3) is 0 Å². The number of halogens is 1. The fraction of sp³-hybridized carbons (Fsp3) is 0.682. The van der Waals surface area contributed by atoms with E-state index >= 15 is 0 Å². The predicted octanol–water partition coefficient (Wildman–Crippen LogP) is 2.09. The average molecular weight is 530 g/mol. The molecule has 30 heavy (non-hydrogen) atoms. The normalized spacial score (nSPS) is 25.8. The van der Waals surface area contributed by atoms with E-state index in [1.807, 2.05) is 7.05 Å². The van der Waals surface area contributed by atoms with Crippen molar-refractivity contribution >= 4 is 29.9 Å². The van der Waals surface area contributed by atoms with Gasteiger partial charge in [-0.15, -0.1) is 24.0 Å². The number of benzene rings is 1. The summed E-state index contributed by atoms with van der Waals surface area (Å²) in [5.74, 6) is 0.939. The first kappa shape index (κ1) is 23.7. The third-order valence-corrected chi connectivity index (χ3v) is 5.97. The zero-order chi connectivity index (χ0) is 19.9. The third kappa shape index (κ3) is 6.53. The molecule has 3 aliphatic rings. The molecule has 1 aromatic rings. The van der Waals surface area contributed by atoms with Gasteiger partial charge in [0.1, 0.15) is 6.10 Å². The molecule has 0 spiro atoms. The van der Waals surface area contributed by atoms with Crippen LogP contribution in [0.15, 0.2) is 29.3 Å². The van der Waals surface area contributed by atoms with Gasteiger partial charge in [0.15, 0.2) is 5.96 Å². The molecule has 0 aromatic heterocycles. The van der Waals surface area contributed by atoms with Crippen LogP contribution in [-0.4, -0.2) is 87.6 Å². The standard InChI is InChI=1S/C22H34N4O3.HI/c1-23-22(26-10-14-29-21(17-26)20-3-2-11-28-20)24-15-18-4-6-19(7-5-18)16-25-8-12-27-13-9-25;/h4-7,20-21H,2-3,8-17H2,1H3,(H,23,24);1H. The number of hydrogen-bond donors (Lipinski definition) is 1.